The Bertz CT molecular complexity index is 357. The number of hydrogen-bond acceptors (Lipinski definition) is 2. The Morgan fingerprint density at radius 2 is 2.18 bits per heavy atom. The van der Waals surface area contributed by atoms with Crippen molar-refractivity contribution in [3.05, 3.63) is 34.6 Å². The van der Waals surface area contributed by atoms with Gasteiger partial charge in [-0.05, 0) is 38.2 Å². The molecule has 0 radical (unpaired) electrons. The van der Waals surface area contributed by atoms with Crippen LogP contribution >= 0.6 is 11.6 Å². The summed E-state index contributed by atoms with van der Waals surface area (Å²) in [6.45, 7) is 7.12. The van der Waals surface area contributed by atoms with Crippen LogP contribution in [-0.2, 0) is 0 Å². The van der Waals surface area contributed by atoms with Gasteiger partial charge in [-0.15, -0.1) is 0 Å². The molecule has 0 aliphatic heterocycles. The van der Waals surface area contributed by atoms with Gasteiger partial charge in [0.25, 0.3) is 0 Å². The van der Waals surface area contributed by atoms with E-state index in [2.05, 4.69) is 31.1 Å². The molecule has 0 fully saturated rings. The summed E-state index contributed by atoms with van der Waals surface area (Å²) in [5.41, 5.74) is 1.01. The van der Waals surface area contributed by atoms with E-state index < -0.39 is 0 Å². The molecule has 0 spiro atoms. The number of hydrogen-bond donors (Lipinski definition) is 1. The fourth-order valence-corrected chi connectivity index (χ4v) is 1.72. The number of benzene rings is 1. The van der Waals surface area contributed by atoms with E-state index in [0.29, 0.717) is 0 Å². The SMILES string of the molecule is CCN(C)CCNC(C)c1ccc(F)c(Cl)c1. The van der Waals surface area contributed by atoms with Gasteiger partial charge in [-0.25, -0.2) is 4.39 Å². The molecule has 0 aliphatic rings. The average molecular weight is 259 g/mol. The van der Waals surface area contributed by atoms with Crippen molar-refractivity contribution < 1.29 is 4.39 Å². The van der Waals surface area contributed by atoms with Gasteiger partial charge in [-0.3, -0.25) is 0 Å². The molecule has 1 N–H and O–H groups in total. The van der Waals surface area contributed by atoms with E-state index in [-0.39, 0.29) is 16.9 Å². The van der Waals surface area contributed by atoms with Crippen molar-refractivity contribution in [1.82, 2.24) is 10.2 Å². The predicted octanol–water partition coefficient (Wildman–Crippen LogP) is 3.08. The summed E-state index contributed by atoms with van der Waals surface area (Å²) in [5.74, 6) is -0.367. The van der Waals surface area contributed by atoms with Crippen molar-refractivity contribution in [2.24, 2.45) is 0 Å². The minimum Gasteiger partial charge on any atom is -0.309 e. The van der Waals surface area contributed by atoms with Crippen LogP contribution in [0.2, 0.25) is 5.02 Å². The first kappa shape index (κ1) is 14.4. The highest BCUT2D eigenvalue weighted by Gasteiger charge is 2.07. The fourth-order valence-electron chi connectivity index (χ4n) is 1.53. The van der Waals surface area contributed by atoms with Crippen LogP contribution in [0.4, 0.5) is 4.39 Å². The van der Waals surface area contributed by atoms with Crippen molar-refractivity contribution in [2.45, 2.75) is 19.9 Å². The van der Waals surface area contributed by atoms with Crippen LogP contribution < -0.4 is 5.32 Å². The highest BCUT2D eigenvalue weighted by Crippen LogP contribution is 2.20. The molecule has 0 saturated heterocycles. The Morgan fingerprint density at radius 1 is 1.47 bits per heavy atom. The zero-order valence-corrected chi connectivity index (χ0v) is 11.4. The van der Waals surface area contributed by atoms with Gasteiger partial charge in [-0.1, -0.05) is 24.6 Å². The van der Waals surface area contributed by atoms with Crippen molar-refractivity contribution in [2.75, 3.05) is 26.7 Å². The Kier molecular flexibility index (Phi) is 5.89. The monoisotopic (exact) mass is 258 g/mol. The van der Waals surface area contributed by atoms with Crippen LogP contribution in [0.15, 0.2) is 18.2 Å². The van der Waals surface area contributed by atoms with Crippen molar-refractivity contribution in [1.29, 1.82) is 0 Å². The van der Waals surface area contributed by atoms with E-state index >= 15 is 0 Å². The molecule has 1 aromatic rings. The van der Waals surface area contributed by atoms with E-state index in [1.165, 1.54) is 6.07 Å². The highest BCUT2D eigenvalue weighted by atomic mass is 35.5. The van der Waals surface area contributed by atoms with E-state index in [4.69, 9.17) is 11.6 Å². The first-order chi connectivity index (χ1) is 8.04. The molecule has 0 aliphatic carbocycles. The maximum Gasteiger partial charge on any atom is 0.141 e. The minimum absolute atomic E-state index is 0.179. The molecule has 0 bridgehead atoms. The zero-order valence-electron chi connectivity index (χ0n) is 10.6. The second-order valence-electron chi connectivity index (χ2n) is 4.25. The second-order valence-corrected chi connectivity index (χ2v) is 4.65. The first-order valence-corrected chi connectivity index (χ1v) is 6.29. The molecule has 1 aromatic carbocycles. The second kappa shape index (κ2) is 6.94. The molecule has 0 heterocycles. The van der Waals surface area contributed by atoms with Gasteiger partial charge in [-0.2, -0.15) is 0 Å². The van der Waals surface area contributed by atoms with Gasteiger partial charge >= 0.3 is 0 Å². The smallest absolute Gasteiger partial charge is 0.141 e. The molecule has 17 heavy (non-hydrogen) atoms. The van der Waals surface area contributed by atoms with Crippen LogP contribution in [0.25, 0.3) is 0 Å². The number of halogens is 2. The summed E-state index contributed by atoms with van der Waals surface area (Å²) in [6, 6.07) is 5.03. The molecule has 2 nitrogen and oxygen atoms in total. The normalized spacial score (nSPS) is 13.1. The Balaban J connectivity index is 2.46. The molecule has 1 atom stereocenters. The van der Waals surface area contributed by atoms with Crippen LogP contribution in [0.3, 0.4) is 0 Å². The quantitative estimate of drug-likeness (QED) is 0.844. The number of nitrogens with one attached hydrogen (secondary N) is 1. The topological polar surface area (TPSA) is 15.3 Å². The Morgan fingerprint density at radius 3 is 2.76 bits per heavy atom. The minimum atomic E-state index is -0.367. The van der Waals surface area contributed by atoms with E-state index in [1.807, 2.05) is 0 Å². The lowest BCUT2D eigenvalue weighted by atomic mass is 10.1. The molecule has 1 rings (SSSR count). The Labute approximate surface area is 108 Å². The molecular formula is C13H20ClFN2. The summed E-state index contributed by atoms with van der Waals surface area (Å²) >= 11 is 5.75. The van der Waals surface area contributed by atoms with Gasteiger partial charge in [0, 0.05) is 19.1 Å². The molecule has 0 amide bonds. The van der Waals surface area contributed by atoms with Gasteiger partial charge in [0.1, 0.15) is 5.82 Å². The van der Waals surface area contributed by atoms with Crippen molar-refractivity contribution >= 4 is 11.6 Å². The summed E-state index contributed by atoms with van der Waals surface area (Å²) in [6.07, 6.45) is 0. The molecule has 96 valence electrons. The van der Waals surface area contributed by atoms with Gasteiger partial charge in [0.2, 0.25) is 0 Å². The summed E-state index contributed by atoms with van der Waals surface area (Å²) in [5, 5.41) is 3.57. The third-order valence-electron chi connectivity index (χ3n) is 2.93. The van der Waals surface area contributed by atoms with Gasteiger partial charge < -0.3 is 10.2 Å². The maximum absolute atomic E-state index is 13.0. The molecule has 0 aromatic heterocycles. The van der Waals surface area contributed by atoms with Crippen LogP contribution in [0, 0.1) is 5.82 Å². The van der Waals surface area contributed by atoms with Crippen LogP contribution in [0.5, 0.6) is 0 Å². The Hall–Kier alpha value is -0.640. The highest BCUT2D eigenvalue weighted by molar-refractivity contribution is 6.30. The fraction of sp³-hybridized carbons (Fsp3) is 0.538. The van der Waals surface area contributed by atoms with Crippen molar-refractivity contribution in [3.8, 4) is 0 Å². The van der Waals surface area contributed by atoms with E-state index in [9.17, 15) is 4.39 Å². The van der Waals surface area contributed by atoms with Crippen molar-refractivity contribution in [3.63, 3.8) is 0 Å². The van der Waals surface area contributed by atoms with Crippen LogP contribution in [0.1, 0.15) is 25.5 Å². The summed E-state index contributed by atoms with van der Waals surface area (Å²) in [4.78, 5) is 2.23. The number of rotatable bonds is 6. The number of likely N-dealkylation sites (N-methyl/N-ethyl adjacent to an activating group) is 1. The van der Waals surface area contributed by atoms with Gasteiger partial charge in [0.15, 0.2) is 0 Å². The van der Waals surface area contributed by atoms with E-state index in [0.717, 1.165) is 25.2 Å². The zero-order chi connectivity index (χ0) is 12.8. The first-order valence-electron chi connectivity index (χ1n) is 5.91. The van der Waals surface area contributed by atoms with Gasteiger partial charge in [0.05, 0.1) is 5.02 Å². The summed E-state index contributed by atoms with van der Waals surface area (Å²) in [7, 11) is 2.08. The number of nitrogens with zero attached hydrogens (tertiary/aromatic N) is 1. The molecular weight excluding hydrogens is 239 g/mol. The third-order valence-corrected chi connectivity index (χ3v) is 3.22. The summed E-state index contributed by atoms with van der Waals surface area (Å²) < 4.78 is 13.0. The molecule has 4 heteroatoms. The average Bonchev–Trinajstić information content (AvgIpc) is 2.32. The largest absolute Gasteiger partial charge is 0.309 e. The maximum atomic E-state index is 13.0. The third kappa shape index (κ3) is 4.62. The lowest BCUT2D eigenvalue weighted by Gasteiger charge is -2.18. The lowest BCUT2D eigenvalue weighted by molar-refractivity contribution is 0.342. The lowest BCUT2D eigenvalue weighted by Crippen LogP contribution is -2.30. The van der Waals surface area contributed by atoms with Crippen LogP contribution in [-0.4, -0.2) is 31.6 Å². The predicted molar refractivity (Wildman–Crippen MR) is 71.0 cm³/mol. The molecule has 0 saturated carbocycles. The van der Waals surface area contributed by atoms with E-state index in [1.54, 1.807) is 12.1 Å². The standard InChI is InChI=1S/C13H20ClFN2/c1-4-17(3)8-7-16-10(2)11-5-6-13(15)12(14)9-11/h5-6,9-10,16H,4,7-8H2,1-3H3. The molecule has 1 unspecified atom stereocenters.